The molecule has 1 amide bonds. The van der Waals surface area contributed by atoms with Crippen LogP contribution >= 0.6 is 0 Å². The normalized spacial score (nSPS) is 9.69. The highest BCUT2D eigenvalue weighted by Crippen LogP contribution is 2.36. The molecule has 1 aromatic carbocycles. The summed E-state index contributed by atoms with van der Waals surface area (Å²) in [5, 5.41) is 12.2. The second kappa shape index (κ2) is 4.65. The van der Waals surface area contributed by atoms with Crippen LogP contribution in [0.3, 0.4) is 0 Å². The Morgan fingerprint density at radius 2 is 2.19 bits per heavy atom. The summed E-state index contributed by atoms with van der Waals surface area (Å²) in [5.41, 5.74) is 0.972. The van der Waals surface area contributed by atoms with Crippen LogP contribution in [0.15, 0.2) is 6.07 Å². The first-order valence-corrected chi connectivity index (χ1v) is 4.64. The average Bonchev–Trinajstić information content (AvgIpc) is 2.23. The van der Waals surface area contributed by atoms with Gasteiger partial charge in [0.15, 0.2) is 17.8 Å². The molecule has 0 aliphatic heterocycles. The Morgan fingerprint density at radius 1 is 1.56 bits per heavy atom. The van der Waals surface area contributed by atoms with E-state index in [1.54, 1.807) is 13.0 Å². The Kier molecular flexibility index (Phi) is 3.50. The molecule has 0 unspecified atom stereocenters. The SMILES string of the molecule is COc1cc(C)c(NC(C)=O)c(C=O)c1O. The molecule has 0 aromatic heterocycles. The van der Waals surface area contributed by atoms with Gasteiger partial charge in [-0.3, -0.25) is 9.59 Å². The number of methoxy groups -OCH3 is 1. The van der Waals surface area contributed by atoms with Gasteiger partial charge >= 0.3 is 0 Å². The summed E-state index contributed by atoms with van der Waals surface area (Å²) in [7, 11) is 1.39. The van der Waals surface area contributed by atoms with Gasteiger partial charge in [0.2, 0.25) is 5.91 Å². The highest BCUT2D eigenvalue weighted by Gasteiger charge is 2.16. The molecule has 0 fully saturated rings. The molecule has 2 N–H and O–H groups in total. The maximum absolute atomic E-state index is 11.0. The number of nitrogens with one attached hydrogen (secondary N) is 1. The van der Waals surface area contributed by atoms with Crippen LogP contribution in [0.4, 0.5) is 5.69 Å². The largest absolute Gasteiger partial charge is 0.504 e. The van der Waals surface area contributed by atoms with E-state index in [0.29, 0.717) is 17.5 Å². The van der Waals surface area contributed by atoms with E-state index in [0.717, 1.165) is 0 Å². The Balaban J connectivity index is 3.42. The van der Waals surface area contributed by atoms with Gasteiger partial charge in [0.25, 0.3) is 0 Å². The van der Waals surface area contributed by atoms with Crippen LogP contribution in [0, 0.1) is 6.92 Å². The van der Waals surface area contributed by atoms with E-state index >= 15 is 0 Å². The summed E-state index contributed by atoms with van der Waals surface area (Å²) in [6, 6.07) is 1.55. The highest BCUT2D eigenvalue weighted by molar-refractivity contribution is 5.98. The number of aldehydes is 1. The van der Waals surface area contributed by atoms with Crippen molar-refractivity contribution in [1.29, 1.82) is 0 Å². The van der Waals surface area contributed by atoms with Gasteiger partial charge in [-0.2, -0.15) is 0 Å². The molecule has 0 radical (unpaired) electrons. The van der Waals surface area contributed by atoms with Crippen molar-refractivity contribution in [2.75, 3.05) is 12.4 Å². The molecule has 1 aromatic rings. The summed E-state index contributed by atoms with van der Waals surface area (Å²) in [6.45, 7) is 3.04. The standard InChI is InChI=1S/C11H13NO4/c1-6-4-9(16-3)11(15)8(5-13)10(6)12-7(2)14/h4-5,15H,1-3H3,(H,12,14). The number of carbonyl (C=O) groups excluding carboxylic acids is 2. The Labute approximate surface area is 93.0 Å². The third kappa shape index (κ3) is 2.13. The minimum Gasteiger partial charge on any atom is -0.504 e. The number of phenolic OH excluding ortho intramolecular Hbond substituents is 1. The Morgan fingerprint density at radius 3 is 2.62 bits per heavy atom. The van der Waals surface area contributed by atoms with Crippen LogP contribution in [0.2, 0.25) is 0 Å². The number of aromatic hydroxyl groups is 1. The first kappa shape index (κ1) is 12.0. The van der Waals surface area contributed by atoms with Gasteiger partial charge < -0.3 is 15.2 Å². The second-order valence-corrected chi connectivity index (χ2v) is 3.33. The number of benzene rings is 1. The van der Waals surface area contributed by atoms with Crippen LogP contribution in [0.25, 0.3) is 0 Å². The fraction of sp³-hybridized carbons (Fsp3) is 0.273. The van der Waals surface area contributed by atoms with E-state index in [9.17, 15) is 14.7 Å². The predicted molar refractivity (Wildman–Crippen MR) is 59.1 cm³/mol. The van der Waals surface area contributed by atoms with Gasteiger partial charge in [0.1, 0.15) is 0 Å². The van der Waals surface area contributed by atoms with Gasteiger partial charge in [-0.25, -0.2) is 0 Å². The van der Waals surface area contributed by atoms with E-state index in [-0.39, 0.29) is 23.0 Å². The van der Waals surface area contributed by atoms with Crippen molar-refractivity contribution >= 4 is 17.9 Å². The maximum Gasteiger partial charge on any atom is 0.221 e. The minimum absolute atomic E-state index is 0.0204. The molecular weight excluding hydrogens is 210 g/mol. The summed E-state index contributed by atoms with van der Waals surface area (Å²) < 4.78 is 4.91. The van der Waals surface area contributed by atoms with Crippen molar-refractivity contribution in [2.45, 2.75) is 13.8 Å². The lowest BCUT2D eigenvalue weighted by molar-refractivity contribution is -0.114. The van der Waals surface area contributed by atoms with Crippen LogP contribution in [0.1, 0.15) is 22.8 Å². The van der Waals surface area contributed by atoms with Gasteiger partial charge in [0.05, 0.1) is 18.4 Å². The number of hydrogen-bond donors (Lipinski definition) is 2. The van der Waals surface area contributed by atoms with Crippen molar-refractivity contribution < 1.29 is 19.4 Å². The summed E-state index contributed by atoms with van der Waals surface area (Å²) in [4.78, 5) is 21.8. The molecule has 0 atom stereocenters. The molecule has 1 rings (SSSR count). The Bertz CT molecular complexity index is 440. The number of hydrogen-bond acceptors (Lipinski definition) is 4. The highest BCUT2D eigenvalue weighted by atomic mass is 16.5. The number of anilines is 1. The lowest BCUT2D eigenvalue weighted by atomic mass is 10.1. The van der Waals surface area contributed by atoms with E-state index in [1.807, 2.05) is 0 Å². The fourth-order valence-corrected chi connectivity index (χ4v) is 1.41. The molecule has 0 saturated heterocycles. The molecule has 0 heterocycles. The average molecular weight is 223 g/mol. The van der Waals surface area contributed by atoms with Gasteiger partial charge in [-0.1, -0.05) is 0 Å². The lowest BCUT2D eigenvalue weighted by Gasteiger charge is -2.13. The van der Waals surface area contributed by atoms with E-state index < -0.39 is 0 Å². The van der Waals surface area contributed by atoms with Crippen molar-refractivity contribution in [3.63, 3.8) is 0 Å². The van der Waals surface area contributed by atoms with Crippen molar-refractivity contribution in [3.8, 4) is 11.5 Å². The second-order valence-electron chi connectivity index (χ2n) is 3.33. The molecule has 16 heavy (non-hydrogen) atoms. The fourth-order valence-electron chi connectivity index (χ4n) is 1.41. The number of aryl methyl sites for hydroxylation is 1. The monoisotopic (exact) mass is 223 g/mol. The first-order chi connectivity index (χ1) is 7.51. The number of carbonyl (C=O) groups is 2. The summed E-state index contributed by atoms with van der Waals surface area (Å²) >= 11 is 0. The van der Waals surface area contributed by atoms with Gasteiger partial charge in [-0.05, 0) is 18.6 Å². The number of rotatable bonds is 3. The topological polar surface area (TPSA) is 75.6 Å². The summed E-state index contributed by atoms with van der Waals surface area (Å²) in [5.74, 6) is -0.378. The zero-order valence-electron chi connectivity index (χ0n) is 9.33. The molecule has 86 valence electrons. The van der Waals surface area contributed by atoms with Crippen LogP contribution in [-0.2, 0) is 4.79 Å². The van der Waals surface area contributed by atoms with Crippen LogP contribution in [-0.4, -0.2) is 24.4 Å². The van der Waals surface area contributed by atoms with Crippen LogP contribution < -0.4 is 10.1 Å². The molecule has 0 aliphatic rings. The van der Waals surface area contributed by atoms with Crippen molar-refractivity contribution in [2.24, 2.45) is 0 Å². The molecule has 5 nitrogen and oxygen atoms in total. The minimum atomic E-state index is -0.309. The van der Waals surface area contributed by atoms with E-state index in [4.69, 9.17) is 4.74 Å². The quantitative estimate of drug-likeness (QED) is 0.761. The third-order valence-corrected chi connectivity index (χ3v) is 2.14. The maximum atomic E-state index is 11.0. The van der Waals surface area contributed by atoms with Gasteiger partial charge in [-0.15, -0.1) is 0 Å². The van der Waals surface area contributed by atoms with Crippen molar-refractivity contribution in [1.82, 2.24) is 0 Å². The molecule has 0 spiro atoms. The molecule has 5 heteroatoms. The van der Waals surface area contributed by atoms with Crippen molar-refractivity contribution in [3.05, 3.63) is 17.2 Å². The van der Waals surface area contributed by atoms with Gasteiger partial charge in [0, 0.05) is 6.92 Å². The predicted octanol–water partition coefficient (Wildman–Crippen LogP) is 1.48. The lowest BCUT2D eigenvalue weighted by Crippen LogP contribution is -2.10. The molecule has 0 saturated carbocycles. The first-order valence-electron chi connectivity index (χ1n) is 4.64. The number of ether oxygens (including phenoxy) is 1. The van der Waals surface area contributed by atoms with E-state index in [2.05, 4.69) is 5.32 Å². The smallest absolute Gasteiger partial charge is 0.221 e. The third-order valence-electron chi connectivity index (χ3n) is 2.14. The Hall–Kier alpha value is -2.04. The van der Waals surface area contributed by atoms with Crippen LogP contribution in [0.5, 0.6) is 11.5 Å². The molecular formula is C11H13NO4. The number of phenols is 1. The molecule has 0 aliphatic carbocycles. The zero-order chi connectivity index (χ0) is 12.3. The number of amides is 1. The van der Waals surface area contributed by atoms with E-state index in [1.165, 1.54) is 14.0 Å². The molecule has 0 bridgehead atoms. The summed E-state index contributed by atoms with van der Waals surface area (Å²) in [6.07, 6.45) is 0.482. The zero-order valence-corrected chi connectivity index (χ0v) is 9.33.